The van der Waals surface area contributed by atoms with Crippen LogP contribution in [0.2, 0.25) is 0 Å². The minimum Gasteiger partial charge on any atom is -0.329 e. The summed E-state index contributed by atoms with van der Waals surface area (Å²) in [6.45, 7) is 5.31. The Labute approximate surface area is 152 Å². The normalized spacial score (nSPS) is 18.0. The second kappa shape index (κ2) is 7.78. The molecule has 5 nitrogen and oxygen atoms in total. The summed E-state index contributed by atoms with van der Waals surface area (Å²) in [4.78, 5) is 9.76. The van der Waals surface area contributed by atoms with E-state index in [0.717, 1.165) is 48.7 Å². The highest BCUT2D eigenvalue weighted by Gasteiger charge is 2.29. The average Bonchev–Trinajstić information content (AvgIpc) is 2.89. The summed E-state index contributed by atoms with van der Waals surface area (Å²) in [7, 11) is 6.33. The zero-order valence-electron chi connectivity index (χ0n) is 14.7. The van der Waals surface area contributed by atoms with Gasteiger partial charge in [-0.15, -0.1) is 0 Å². The van der Waals surface area contributed by atoms with Gasteiger partial charge in [-0.2, -0.15) is 0 Å². The number of piperazine rings is 1. The molecule has 1 saturated heterocycles. The number of halogens is 1. The van der Waals surface area contributed by atoms with Gasteiger partial charge in [0.15, 0.2) is 0 Å². The van der Waals surface area contributed by atoms with Gasteiger partial charge in [-0.3, -0.25) is 4.90 Å². The second-order valence-corrected chi connectivity index (χ2v) is 7.20. The lowest BCUT2D eigenvalue weighted by Crippen LogP contribution is -2.48. The fraction of sp³-hybridized carbons (Fsp3) is 0.500. The van der Waals surface area contributed by atoms with E-state index in [1.807, 2.05) is 13.1 Å². The summed E-state index contributed by atoms with van der Waals surface area (Å²) < 4.78 is 3.18. The van der Waals surface area contributed by atoms with E-state index in [1.54, 1.807) is 0 Å². The molecule has 2 heterocycles. The molecule has 0 radical (unpaired) electrons. The van der Waals surface area contributed by atoms with Gasteiger partial charge in [-0.1, -0.05) is 30.3 Å². The Morgan fingerprint density at radius 3 is 2.42 bits per heavy atom. The standard InChI is InChI=1S/C18H26BrN5/c1-20-13-15(24-11-9-22(2)10-12-24)16-17(19)21-18(23(16)3)14-7-5-4-6-8-14/h4-8,15,20H,9-13H2,1-3H3. The number of imidazole rings is 1. The van der Waals surface area contributed by atoms with Crippen LogP contribution < -0.4 is 5.32 Å². The first-order valence-corrected chi connectivity index (χ1v) is 9.26. The third-order valence-electron chi connectivity index (χ3n) is 4.82. The van der Waals surface area contributed by atoms with Crippen LogP contribution in [-0.4, -0.2) is 66.2 Å². The van der Waals surface area contributed by atoms with E-state index in [9.17, 15) is 0 Å². The van der Waals surface area contributed by atoms with Gasteiger partial charge in [0.25, 0.3) is 0 Å². The molecule has 130 valence electrons. The molecule has 0 spiro atoms. The fourth-order valence-corrected chi connectivity index (χ4v) is 4.11. The molecular weight excluding hydrogens is 366 g/mol. The Morgan fingerprint density at radius 1 is 1.12 bits per heavy atom. The lowest BCUT2D eigenvalue weighted by atomic mass is 10.1. The average molecular weight is 392 g/mol. The summed E-state index contributed by atoms with van der Waals surface area (Å²) in [5.41, 5.74) is 2.39. The van der Waals surface area contributed by atoms with E-state index >= 15 is 0 Å². The third-order valence-corrected chi connectivity index (χ3v) is 5.40. The molecule has 3 rings (SSSR count). The van der Waals surface area contributed by atoms with Gasteiger partial charge in [0, 0.05) is 45.3 Å². The van der Waals surface area contributed by atoms with Crippen molar-refractivity contribution in [3.63, 3.8) is 0 Å². The van der Waals surface area contributed by atoms with Crippen LogP contribution in [0.4, 0.5) is 0 Å². The maximum absolute atomic E-state index is 4.81. The molecule has 1 fully saturated rings. The van der Waals surface area contributed by atoms with Crippen LogP contribution in [-0.2, 0) is 7.05 Å². The first kappa shape index (κ1) is 17.6. The molecule has 0 bridgehead atoms. The van der Waals surface area contributed by atoms with E-state index in [2.05, 4.69) is 74.0 Å². The molecule has 24 heavy (non-hydrogen) atoms. The van der Waals surface area contributed by atoms with Crippen LogP contribution in [0.25, 0.3) is 11.4 Å². The van der Waals surface area contributed by atoms with E-state index in [-0.39, 0.29) is 0 Å². The number of aromatic nitrogens is 2. The molecule has 0 saturated carbocycles. The molecule has 6 heteroatoms. The molecular formula is C18H26BrN5. The van der Waals surface area contributed by atoms with Crippen LogP contribution in [0.5, 0.6) is 0 Å². The highest BCUT2D eigenvalue weighted by atomic mass is 79.9. The van der Waals surface area contributed by atoms with Gasteiger partial charge in [0.1, 0.15) is 10.4 Å². The Kier molecular flexibility index (Phi) is 5.71. The monoisotopic (exact) mass is 391 g/mol. The summed E-state index contributed by atoms with van der Waals surface area (Å²) >= 11 is 3.72. The predicted molar refractivity (Wildman–Crippen MR) is 102 cm³/mol. The first-order valence-electron chi connectivity index (χ1n) is 8.46. The third kappa shape index (κ3) is 3.57. The molecule has 1 aromatic heterocycles. The SMILES string of the molecule is CNCC(c1c(Br)nc(-c2ccccc2)n1C)N1CCN(C)CC1. The zero-order valence-corrected chi connectivity index (χ0v) is 16.3. The van der Waals surface area contributed by atoms with Crippen LogP contribution in [0.15, 0.2) is 34.9 Å². The molecule has 1 N–H and O–H groups in total. The number of rotatable bonds is 5. The molecule has 1 unspecified atom stereocenters. The number of hydrogen-bond acceptors (Lipinski definition) is 4. The number of likely N-dealkylation sites (N-methyl/N-ethyl adjacent to an activating group) is 2. The predicted octanol–water partition coefficient (Wildman–Crippen LogP) is 2.36. The maximum Gasteiger partial charge on any atom is 0.141 e. The van der Waals surface area contributed by atoms with E-state index in [0.29, 0.717) is 6.04 Å². The summed E-state index contributed by atoms with van der Waals surface area (Å²) in [6, 6.07) is 10.7. The van der Waals surface area contributed by atoms with Crippen molar-refractivity contribution < 1.29 is 0 Å². The second-order valence-electron chi connectivity index (χ2n) is 6.45. The Balaban J connectivity index is 1.95. The molecule has 0 amide bonds. The van der Waals surface area contributed by atoms with Gasteiger partial charge < -0.3 is 14.8 Å². The van der Waals surface area contributed by atoms with Crippen molar-refractivity contribution in [3.05, 3.63) is 40.6 Å². The van der Waals surface area contributed by atoms with Crippen molar-refractivity contribution >= 4 is 15.9 Å². The van der Waals surface area contributed by atoms with Crippen molar-refractivity contribution in [2.24, 2.45) is 7.05 Å². The number of nitrogens with zero attached hydrogens (tertiary/aromatic N) is 4. The largest absolute Gasteiger partial charge is 0.329 e. The quantitative estimate of drug-likeness (QED) is 0.848. The molecule has 1 aliphatic heterocycles. The Bertz CT molecular complexity index is 662. The van der Waals surface area contributed by atoms with E-state index in [4.69, 9.17) is 4.98 Å². The molecule has 0 aliphatic carbocycles. The summed E-state index contributed by atoms with van der Waals surface area (Å²) in [5.74, 6) is 1.01. The van der Waals surface area contributed by atoms with Gasteiger partial charge in [-0.05, 0) is 30.0 Å². The van der Waals surface area contributed by atoms with Gasteiger partial charge in [0.2, 0.25) is 0 Å². The fourth-order valence-electron chi connectivity index (χ4n) is 3.41. The van der Waals surface area contributed by atoms with Gasteiger partial charge >= 0.3 is 0 Å². The van der Waals surface area contributed by atoms with Crippen LogP contribution in [0, 0.1) is 0 Å². The van der Waals surface area contributed by atoms with Crippen molar-refractivity contribution in [1.29, 1.82) is 0 Å². The van der Waals surface area contributed by atoms with Crippen molar-refractivity contribution in [2.75, 3.05) is 46.8 Å². The highest BCUT2D eigenvalue weighted by Crippen LogP contribution is 2.32. The van der Waals surface area contributed by atoms with E-state index < -0.39 is 0 Å². The van der Waals surface area contributed by atoms with E-state index in [1.165, 1.54) is 5.69 Å². The minimum absolute atomic E-state index is 0.313. The van der Waals surface area contributed by atoms with Gasteiger partial charge in [-0.25, -0.2) is 4.98 Å². The smallest absolute Gasteiger partial charge is 0.141 e. The summed E-state index contributed by atoms with van der Waals surface area (Å²) in [6.07, 6.45) is 0. The number of benzene rings is 1. The first-order chi connectivity index (χ1) is 11.6. The number of nitrogens with one attached hydrogen (secondary N) is 1. The molecule has 1 aliphatic rings. The Hall–Kier alpha value is -1.21. The molecule has 1 atom stereocenters. The molecule has 1 aromatic carbocycles. The number of hydrogen-bond donors (Lipinski definition) is 1. The van der Waals surface area contributed by atoms with Crippen molar-refractivity contribution in [1.82, 2.24) is 24.7 Å². The summed E-state index contributed by atoms with van der Waals surface area (Å²) in [5, 5.41) is 3.36. The lowest BCUT2D eigenvalue weighted by Gasteiger charge is -2.38. The Morgan fingerprint density at radius 2 is 1.79 bits per heavy atom. The van der Waals surface area contributed by atoms with Crippen molar-refractivity contribution in [3.8, 4) is 11.4 Å². The van der Waals surface area contributed by atoms with Crippen LogP contribution in [0.3, 0.4) is 0 Å². The van der Waals surface area contributed by atoms with Crippen LogP contribution in [0.1, 0.15) is 11.7 Å². The maximum atomic E-state index is 4.81. The highest BCUT2D eigenvalue weighted by molar-refractivity contribution is 9.10. The zero-order chi connectivity index (χ0) is 17.1. The van der Waals surface area contributed by atoms with Crippen LogP contribution >= 0.6 is 15.9 Å². The molecule has 2 aromatic rings. The minimum atomic E-state index is 0.313. The topological polar surface area (TPSA) is 36.3 Å². The van der Waals surface area contributed by atoms with Crippen molar-refractivity contribution in [2.45, 2.75) is 6.04 Å². The van der Waals surface area contributed by atoms with Gasteiger partial charge in [0.05, 0.1) is 11.7 Å². The lowest BCUT2D eigenvalue weighted by molar-refractivity contribution is 0.107.